The molecule has 15 heteroatoms. The van der Waals surface area contributed by atoms with Gasteiger partial charge in [-0.15, -0.1) is 0 Å². The minimum absolute atomic E-state index is 0.0403. The summed E-state index contributed by atoms with van der Waals surface area (Å²) in [5.41, 5.74) is 11.1. The van der Waals surface area contributed by atoms with E-state index in [2.05, 4.69) is 26.3 Å². The predicted octanol–water partition coefficient (Wildman–Crippen LogP) is 0.551. The summed E-state index contributed by atoms with van der Waals surface area (Å²) < 4.78 is 18.8. The Morgan fingerprint density at radius 1 is 0.894 bits per heavy atom. The lowest BCUT2D eigenvalue weighted by Crippen LogP contribution is -2.60. The number of guanidine groups is 1. The van der Waals surface area contributed by atoms with E-state index in [1.165, 1.54) is 31.2 Å². The lowest BCUT2D eigenvalue weighted by molar-refractivity contribution is -0.141. The maximum atomic E-state index is 13.5. The van der Waals surface area contributed by atoms with Crippen LogP contribution in [0.4, 0.5) is 9.18 Å². The fourth-order valence-corrected chi connectivity index (χ4v) is 4.23. The third-order valence-corrected chi connectivity index (χ3v) is 6.53. The zero-order valence-electron chi connectivity index (χ0n) is 26.9. The normalized spacial score (nSPS) is 13.6. The van der Waals surface area contributed by atoms with Gasteiger partial charge < -0.3 is 42.6 Å². The van der Waals surface area contributed by atoms with Crippen molar-refractivity contribution in [1.82, 2.24) is 21.3 Å². The average molecular weight is 658 g/mol. The van der Waals surface area contributed by atoms with Crippen molar-refractivity contribution in [3.63, 3.8) is 0 Å². The van der Waals surface area contributed by atoms with Gasteiger partial charge in [0, 0.05) is 18.5 Å². The van der Waals surface area contributed by atoms with Gasteiger partial charge in [-0.1, -0.05) is 42.5 Å². The molecular weight excluding hydrogens is 613 g/mol. The molecule has 1 unspecified atom stereocenters. The van der Waals surface area contributed by atoms with Crippen LogP contribution in [0.2, 0.25) is 0 Å². The Morgan fingerprint density at radius 3 is 2.11 bits per heavy atom. The molecule has 0 bridgehead atoms. The Balaban J connectivity index is 2.24. The second-order valence-electron chi connectivity index (χ2n) is 11.9. The van der Waals surface area contributed by atoms with Crippen molar-refractivity contribution < 1.29 is 38.2 Å². The Kier molecular flexibility index (Phi) is 14.8. The zero-order chi connectivity index (χ0) is 35.1. The number of aliphatic imine (C=N–C) groups is 1. The summed E-state index contributed by atoms with van der Waals surface area (Å²) in [6.45, 7) is 6.29. The standard InChI is InChI=1S/C32H44FN7O7/c1-19(41)25(28(44)37-23(11-8-16-36-30(34)35)26(42)29(45)40-32(2,3)4)39-27(43)24(17-20-12-14-22(33)15-13-20)38-31(46)47-18-21-9-6-5-7-10-21/h5-7,9-10,12-15,19,23-25,41H,8,11,16-18H2,1-4H3,(H,37,44)(H,38,46)(H,39,43)(H,40,45)(H4,34,35,36)/t19-,23?,24+,25+/m1/s1. The number of ether oxygens (including phenoxy) is 1. The van der Waals surface area contributed by atoms with E-state index in [0.29, 0.717) is 11.1 Å². The predicted molar refractivity (Wildman–Crippen MR) is 172 cm³/mol. The lowest BCUT2D eigenvalue weighted by Gasteiger charge is -2.27. The van der Waals surface area contributed by atoms with Crippen LogP contribution in [-0.4, -0.2) is 77.0 Å². The highest BCUT2D eigenvalue weighted by molar-refractivity contribution is 6.38. The molecule has 0 aliphatic rings. The van der Waals surface area contributed by atoms with Crippen molar-refractivity contribution in [2.45, 2.75) is 83.3 Å². The first-order valence-corrected chi connectivity index (χ1v) is 15.0. The molecule has 4 atom stereocenters. The number of alkyl carbamates (subject to hydrolysis) is 1. The average Bonchev–Trinajstić information content (AvgIpc) is 2.99. The van der Waals surface area contributed by atoms with E-state index in [9.17, 15) is 33.5 Å². The molecule has 0 aromatic heterocycles. The van der Waals surface area contributed by atoms with Crippen LogP contribution in [0.25, 0.3) is 0 Å². The maximum absolute atomic E-state index is 13.5. The number of nitrogens with two attached hydrogens (primary N) is 2. The van der Waals surface area contributed by atoms with Gasteiger partial charge >= 0.3 is 6.09 Å². The van der Waals surface area contributed by atoms with Crippen molar-refractivity contribution in [2.24, 2.45) is 16.5 Å². The number of hydrogen-bond acceptors (Lipinski definition) is 8. The van der Waals surface area contributed by atoms with Gasteiger partial charge in [0.1, 0.15) is 24.5 Å². The molecule has 2 aromatic carbocycles. The molecule has 0 saturated heterocycles. The molecule has 0 spiro atoms. The fourth-order valence-electron chi connectivity index (χ4n) is 4.23. The number of aliphatic hydroxyl groups excluding tert-OH is 1. The molecule has 0 heterocycles. The largest absolute Gasteiger partial charge is 0.445 e. The number of carbonyl (C=O) groups excluding carboxylic acids is 5. The highest BCUT2D eigenvalue weighted by atomic mass is 19.1. The molecule has 0 radical (unpaired) electrons. The number of halogens is 1. The minimum atomic E-state index is -1.61. The second-order valence-corrected chi connectivity index (χ2v) is 11.9. The first-order chi connectivity index (χ1) is 22.1. The monoisotopic (exact) mass is 657 g/mol. The molecular formula is C32H44FN7O7. The van der Waals surface area contributed by atoms with E-state index < -0.39 is 65.2 Å². The Bertz CT molecular complexity index is 1390. The Morgan fingerprint density at radius 2 is 1.53 bits per heavy atom. The van der Waals surface area contributed by atoms with Gasteiger partial charge in [0.05, 0.1) is 12.1 Å². The fraction of sp³-hybridized carbons (Fsp3) is 0.438. The number of ketones is 1. The molecule has 0 saturated carbocycles. The Labute approximate surface area is 272 Å². The van der Waals surface area contributed by atoms with E-state index >= 15 is 0 Å². The van der Waals surface area contributed by atoms with E-state index in [0.717, 1.165) is 0 Å². The van der Waals surface area contributed by atoms with Crippen molar-refractivity contribution in [3.8, 4) is 0 Å². The first kappa shape index (κ1) is 38.1. The smallest absolute Gasteiger partial charge is 0.408 e. The number of benzene rings is 2. The molecule has 14 nitrogen and oxygen atoms in total. The summed E-state index contributed by atoms with van der Waals surface area (Å²) in [5, 5.41) is 20.3. The minimum Gasteiger partial charge on any atom is -0.445 e. The number of nitrogens with zero attached hydrogens (tertiary/aromatic N) is 1. The van der Waals surface area contributed by atoms with Crippen molar-refractivity contribution >= 4 is 35.6 Å². The van der Waals surface area contributed by atoms with E-state index in [1.807, 2.05) is 0 Å². The van der Waals surface area contributed by atoms with Crippen LogP contribution in [0.15, 0.2) is 59.6 Å². The van der Waals surface area contributed by atoms with Gasteiger partial charge in [-0.3, -0.25) is 24.2 Å². The molecule has 47 heavy (non-hydrogen) atoms. The number of rotatable bonds is 16. The lowest BCUT2D eigenvalue weighted by atomic mass is 10.0. The van der Waals surface area contributed by atoms with Gasteiger partial charge in [-0.05, 0) is 63.8 Å². The number of amides is 4. The van der Waals surface area contributed by atoms with Gasteiger partial charge in [-0.2, -0.15) is 0 Å². The van der Waals surface area contributed by atoms with Crippen LogP contribution in [0.5, 0.6) is 0 Å². The molecule has 256 valence electrons. The van der Waals surface area contributed by atoms with Crippen LogP contribution < -0.4 is 32.7 Å². The molecule has 2 rings (SSSR count). The summed E-state index contributed by atoms with van der Waals surface area (Å²) in [7, 11) is 0. The van der Waals surface area contributed by atoms with E-state index in [-0.39, 0.29) is 38.4 Å². The summed E-state index contributed by atoms with van der Waals surface area (Å²) in [6.07, 6.45) is -2.37. The van der Waals surface area contributed by atoms with Crippen LogP contribution in [0.3, 0.4) is 0 Å². The summed E-state index contributed by atoms with van der Waals surface area (Å²) >= 11 is 0. The zero-order valence-corrected chi connectivity index (χ0v) is 26.9. The number of nitrogens with one attached hydrogen (secondary N) is 4. The first-order valence-electron chi connectivity index (χ1n) is 15.0. The number of aliphatic hydroxyl groups is 1. The van der Waals surface area contributed by atoms with Crippen LogP contribution >= 0.6 is 0 Å². The van der Waals surface area contributed by atoms with Crippen molar-refractivity contribution in [2.75, 3.05) is 6.54 Å². The maximum Gasteiger partial charge on any atom is 0.408 e. The van der Waals surface area contributed by atoms with Gasteiger partial charge in [0.25, 0.3) is 5.91 Å². The number of hydrogen-bond donors (Lipinski definition) is 7. The van der Waals surface area contributed by atoms with Crippen molar-refractivity contribution in [3.05, 3.63) is 71.5 Å². The summed E-state index contributed by atoms with van der Waals surface area (Å²) in [6, 6.07) is 9.75. The summed E-state index contributed by atoms with van der Waals surface area (Å²) in [4.78, 5) is 69.1. The molecule has 2 aromatic rings. The van der Waals surface area contributed by atoms with Gasteiger partial charge in [0.2, 0.25) is 17.6 Å². The topological polar surface area (TPSA) is 227 Å². The van der Waals surface area contributed by atoms with Crippen LogP contribution in [-0.2, 0) is 36.9 Å². The quantitative estimate of drug-likeness (QED) is 0.0578. The number of carbonyl (C=O) groups is 5. The molecule has 4 amide bonds. The summed E-state index contributed by atoms with van der Waals surface area (Å²) in [5.74, 6) is -4.43. The number of Topliss-reactive ketones (excluding diaryl/α,β-unsaturated/α-hetero) is 1. The van der Waals surface area contributed by atoms with Crippen molar-refractivity contribution in [1.29, 1.82) is 0 Å². The highest BCUT2D eigenvalue weighted by Gasteiger charge is 2.34. The highest BCUT2D eigenvalue weighted by Crippen LogP contribution is 2.10. The Hall–Kier alpha value is -5.05. The molecule has 0 fully saturated rings. The molecule has 0 aliphatic heterocycles. The van der Waals surface area contributed by atoms with Crippen LogP contribution in [0, 0.1) is 5.82 Å². The molecule has 0 aliphatic carbocycles. The second kappa shape index (κ2) is 18.2. The third-order valence-electron chi connectivity index (χ3n) is 6.53. The van der Waals surface area contributed by atoms with Gasteiger partial charge in [0.15, 0.2) is 5.96 Å². The van der Waals surface area contributed by atoms with E-state index in [1.54, 1.807) is 51.1 Å². The SMILES string of the molecule is C[C@@H](O)[C@H](NC(=O)[C@H](Cc1ccc(F)cc1)NC(=O)OCc1ccccc1)C(=O)NC(CCCN=C(N)N)C(=O)C(=O)NC(C)(C)C. The van der Waals surface area contributed by atoms with Crippen LogP contribution in [0.1, 0.15) is 51.7 Å². The van der Waals surface area contributed by atoms with Gasteiger partial charge in [-0.25, -0.2) is 9.18 Å². The molecule has 9 N–H and O–H groups in total. The third kappa shape index (κ3) is 14.3. The van der Waals surface area contributed by atoms with E-state index in [4.69, 9.17) is 16.2 Å².